The van der Waals surface area contributed by atoms with Crippen LogP contribution in [0, 0.1) is 10.1 Å². The second-order valence-corrected chi connectivity index (χ2v) is 8.84. The normalized spacial score (nSPS) is 10.9. The van der Waals surface area contributed by atoms with E-state index < -0.39 is 4.92 Å². The quantitative estimate of drug-likeness (QED) is 0.200. The van der Waals surface area contributed by atoms with Crippen LogP contribution in [-0.2, 0) is 0 Å². The number of H-pyrrole nitrogens is 1. The minimum absolute atomic E-state index is 0.00784. The molecule has 0 spiro atoms. The standard InChI is InChI=1S/C21H12Br3N3O2/c22-14-8-5-12(6-9-14)19-20(15-3-1-2-4-16(15)23)26-21(25-19)13-7-10-17(24)18(11-13)27(28)29/h1-11H,(H,25,26). The van der Waals surface area contributed by atoms with Gasteiger partial charge in [0.25, 0.3) is 5.69 Å². The molecule has 4 aromatic rings. The first-order valence-corrected chi connectivity index (χ1v) is 10.9. The number of aromatic amines is 1. The van der Waals surface area contributed by atoms with Crippen molar-refractivity contribution in [2.75, 3.05) is 0 Å². The van der Waals surface area contributed by atoms with E-state index in [0.29, 0.717) is 15.9 Å². The van der Waals surface area contributed by atoms with Gasteiger partial charge in [-0.25, -0.2) is 4.98 Å². The molecular weight excluding hydrogens is 566 g/mol. The molecule has 1 heterocycles. The third-order valence-corrected chi connectivity index (χ3v) is 6.27. The first-order valence-electron chi connectivity index (χ1n) is 8.49. The van der Waals surface area contributed by atoms with Crippen LogP contribution in [-0.4, -0.2) is 14.9 Å². The van der Waals surface area contributed by atoms with Gasteiger partial charge in [0.2, 0.25) is 0 Å². The van der Waals surface area contributed by atoms with E-state index in [2.05, 4.69) is 52.8 Å². The minimum Gasteiger partial charge on any atom is -0.337 e. The van der Waals surface area contributed by atoms with E-state index in [1.165, 1.54) is 6.07 Å². The molecule has 0 saturated heterocycles. The number of nitro benzene ring substituents is 1. The summed E-state index contributed by atoms with van der Waals surface area (Å²) in [5.41, 5.74) is 4.12. The average molecular weight is 578 g/mol. The van der Waals surface area contributed by atoms with E-state index in [0.717, 1.165) is 31.5 Å². The number of nitro groups is 1. The Morgan fingerprint density at radius 3 is 2.24 bits per heavy atom. The van der Waals surface area contributed by atoms with Crippen LogP contribution in [0.5, 0.6) is 0 Å². The van der Waals surface area contributed by atoms with Gasteiger partial charge in [-0.2, -0.15) is 0 Å². The molecule has 5 nitrogen and oxygen atoms in total. The number of aromatic nitrogens is 2. The Morgan fingerprint density at radius 2 is 1.55 bits per heavy atom. The van der Waals surface area contributed by atoms with E-state index in [9.17, 15) is 10.1 Å². The van der Waals surface area contributed by atoms with Crippen molar-refractivity contribution in [1.29, 1.82) is 0 Å². The molecule has 29 heavy (non-hydrogen) atoms. The summed E-state index contributed by atoms with van der Waals surface area (Å²) in [4.78, 5) is 19.1. The molecule has 0 amide bonds. The van der Waals surface area contributed by atoms with Gasteiger partial charge in [-0.1, -0.05) is 62.2 Å². The van der Waals surface area contributed by atoms with E-state index in [1.54, 1.807) is 12.1 Å². The second kappa shape index (κ2) is 8.22. The van der Waals surface area contributed by atoms with Crippen molar-refractivity contribution in [2.24, 2.45) is 0 Å². The Kier molecular flexibility index (Phi) is 5.67. The van der Waals surface area contributed by atoms with Gasteiger partial charge in [0.1, 0.15) is 5.82 Å². The molecule has 1 aromatic heterocycles. The summed E-state index contributed by atoms with van der Waals surface area (Å²) < 4.78 is 2.33. The smallest absolute Gasteiger partial charge is 0.284 e. The largest absolute Gasteiger partial charge is 0.337 e. The van der Waals surface area contributed by atoms with E-state index in [1.807, 2.05) is 48.5 Å². The van der Waals surface area contributed by atoms with Gasteiger partial charge in [0.05, 0.1) is 20.8 Å². The van der Waals surface area contributed by atoms with E-state index in [4.69, 9.17) is 4.98 Å². The van der Waals surface area contributed by atoms with Crippen LogP contribution in [0.3, 0.4) is 0 Å². The molecule has 0 saturated carbocycles. The summed E-state index contributed by atoms with van der Waals surface area (Å²) in [6, 6.07) is 20.7. The van der Waals surface area contributed by atoms with Crippen molar-refractivity contribution in [3.8, 4) is 33.9 Å². The number of halogens is 3. The molecule has 0 atom stereocenters. The number of nitrogens with zero attached hydrogens (tertiary/aromatic N) is 2. The highest BCUT2D eigenvalue weighted by Crippen LogP contribution is 2.38. The molecule has 0 aliphatic heterocycles. The van der Waals surface area contributed by atoms with Crippen LogP contribution in [0.15, 0.2) is 80.1 Å². The lowest BCUT2D eigenvalue weighted by Crippen LogP contribution is -1.91. The molecule has 144 valence electrons. The van der Waals surface area contributed by atoms with Gasteiger partial charge in [0.15, 0.2) is 0 Å². The van der Waals surface area contributed by atoms with E-state index >= 15 is 0 Å². The predicted molar refractivity (Wildman–Crippen MR) is 125 cm³/mol. The fourth-order valence-corrected chi connectivity index (χ4v) is 4.12. The van der Waals surface area contributed by atoms with Gasteiger partial charge < -0.3 is 4.98 Å². The van der Waals surface area contributed by atoms with Crippen LogP contribution in [0.1, 0.15) is 0 Å². The Balaban J connectivity index is 1.93. The molecular formula is C21H12Br3N3O2. The van der Waals surface area contributed by atoms with Crippen LogP contribution in [0.2, 0.25) is 0 Å². The van der Waals surface area contributed by atoms with Crippen molar-refractivity contribution >= 4 is 53.5 Å². The van der Waals surface area contributed by atoms with Crippen molar-refractivity contribution in [1.82, 2.24) is 9.97 Å². The van der Waals surface area contributed by atoms with Gasteiger partial charge in [-0.3, -0.25) is 10.1 Å². The molecule has 0 unspecified atom stereocenters. The molecule has 3 aromatic carbocycles. The Hall–Kier alpha value is -2.29. The minimum atomic E-state index is -0.416. The summed E-state index contributed by atoms with van der Waals surface area (Å²) in [5.74, 6) is 0.560. The molecule has 0 radical (unpaired) electrons. The Labute approximate surface area is 191 Å². The zero-order valence-corrected chi connectivity index (χ0v) is 19.5. The number of hydrogen-bond acceptors (Lipinski definition) is 3. The predicted octanol–water partition coefficient (Wildman–Crippen LogP) is 7.61. The maximum absolute atomic E-state index is 11.3. The first-order chi connectivity index (χ1) is 13.9. The fraction of sp³-hybridized carbons (Fsp3) is 0. The van der Waals surface area contributed by atoms with Gasteiger partial charge in [-0.15, -0.1) is 0 Å². The summed E-state index contributed by atoms with van der Waals surface area (Å²) in [5, 5.41) is 11.3. The number of hydrogen-bond donors (Lipinski definition) is 1. The van der Waals surface area contributed by atoms with Crippen molar-refractivity contribution in [3.05, 3.63) is 90.3 Å². The van der Waals surface area contributed by atoms with Gasteiger partial charge in [0, 0.05) is 31.7 Å². The maximum Gasteiger partial charge on any atom is 0.284 e. The summed E-state index contributed by atoms with van der Waals surface area (Å²) in [6.45, 7) is 0. The summed E-state index contributed by atoms with van der Waals surface area (Å²) in [7, 11) is 0. The third kappa shape index (κ3) is 4.05. The van der Waals surface area contributed by atoms with Gasteiger partial charge in [-0.05, 0) is 46.3 Å². The Morgan fingerprint density at radius 1 is 0.862 bits per heavy atom. The molecule has 4 rings (SSSR count). The SMILES string of the molecule is O=[N+]([O-])c1cc(-c2nc(-c3ccc(Br)cc3)c(-c3ccccc3Br)[nH]2)ccc1Br. The number of rotatable bonds is 4. The Bertz CT molecular complexity index is 1220. The third-order valence-electron chi connectivity index (χ3n) is 4.38. The van der Waals surface area contributed by atoms with Gasteiger partial charge >= 0.3 is 0 Å². The monoisotopic (exact) mass is 575 g/mol. The van der Waals surface area contributed by atoms with Crippen LogP contribution >= 0.6 is 47.8 Å². The van der Waals surface area contributed by atoms with Crippen molar-refractivity contribution in [2.45, 2.75) is 0 Å². The topological polar surface area (TPSA) is 71.8 Å². The molecule has 8 heteroatoms. The molecule has 1 N–H and O–H groups in total. The van der Waals surface area contributed by atoms with Crippen LogP contribution in [0.25, 0.3) is 33.9 Å². The van der Waals surface area contributed by atoms with Crippen molar-refractivity contribution < 1.29 is 4.92 Å². The number of nitrogens with one attached hydrogen (secondary N) is 1. The number of imidazole rings is 1. The van der Waals surface area contributed by atoms with Crippen LogP contribution < -0.4 is 0 Å². The lowest BCUT2D eigenvalue weighted by Gasteiger charge is -2.05. The highest BCUT2D eigenvalue weighted by atomic mass is 79.9. The maximum atomic E-state index is 11.3. The lowest BCUT2D eigenvalue weighted by molar-refractivity contribution is -0.385. The summed E-state index contributed by atoms with van der Waals surface area (Å²) in [6.07, 6.45) is 0. The molecule has 0 bridgehead atoms. The fourth-order valence-electron chi connectivity index (χ4n) is 2.99. The highest BCUT2D eigenvalue weighted by molar-refractivity contribution is 9.11. The van der Waals surface area contributed by atoms with E-state index in [-0.39, 0.29) is 5.69 Å². The molecule has 0 fully saturated rings. The summed E-state index contributed by atoms with van der Waals surface area (Å²) >= 11 is 10.3. The molecule has 0 aliphatic carbocycles. The molecule has 0 aliphatic rings. The number of benzene rings is 3. The van der Waals surface area contributed by atoms with Crippen LogP contribution in [0.4, 0.5) is 5.69 Å². The average Bonchev–Trinajstić information content (AvgIpc) is 3.14. The highest BCUT2D eigenvalue weighted by Gasteiger charge is 2.19. The lowest BCUT2D eigenvalue weighted by atomic mass is 10.1. The zero-order chi connectivity index (χ0) is 20.5. The zero-order valence-electron chi connectivity index (χ0n) is 14.7. The second-order valence-electron chi connectivity index (χ2n) is 6.22. The van der Waals surface area contributed by atoms with Crippen molar-refractivity contribution in [3.63, 3.8) is 0 Å². The first kappa shape index (κ1) is 20.0.